The Bertz CT molecular complexity index is 882. The highest BCUT2D eigenvalue weighted by atomic mass is 16.5. The van der Waals surface area contributed by atoms with Gasteiger partial charge in [-0.05, 0) is 62.9 Å². The van der Waals surface area contributed by atoms with E-state index in [1.54, 1.807) is 12.0 Å². The van der Waals surface area contributed by atoms with Crippen LogP contribution in [0.5, 0.6) is 11.5 Å². The summed E-state index contributed by atoms with van der Waals surface area (Å²) in [7, 11) is 1.62. The molecule has 2 aromatic rings. The second kappa shape index (κ2) is 13.5. The fourth-order valence-electron chi connectivity index (χ4n) is 3.52. The van der Waals surface area contributed by atoms with E-state index in [0.29, 0.717) is 32.4 Å². The Labute approximate surface area is 198 Å². The summed E-state index contributed by atoms with van der Waals surface area (Å²) >= 11 is 0. The van der Waals surface area contributed by atoms with Crippen molar-refractivity contribution in [2.75, 3.05) is 13.7 Å². The molecular formula is C27H38N2O4. The van der Waals surface area contributed by atoms with E-state index in [0.717, 1.165) is 23.5 Å². The standard InChI is InChI=1S/C27H38N2O4/c1-6-21(4)28-27(31)25(7-2)29(19-22-10-8-11-24(18-22)32-5)26(30)12-9-17-33-23-15-13-20(3)14-16-23/h8,10-11,13-16,18,21,25H,6-7,9,12,17,19H2,1-5H3,(H,28,31)/t21-,25-/m1/s1. The Morgan fingerprint density at radius 1 is 1.03 bits per heavy atom. The molecule has 0 fully saturated rings. The summed E-state index contributed by atoms with van der Waals surface area (Å²) in [5.41, 5.74) is 2.10. The molecule has 0 aliphatic carbocycles. The van der Waals surface area contributed by atoms with Gasteiger partial charge in [0.25, 0.3) is 0 Å². The first kappa shape index (κ1) is 26.2. The molecule has 180 valence electrons. The molecule has 0 radical (unpaired) electrons. The van der Waals surface area contributed by atoms with E-state index < -0.39 is 6.04 Å². The first-order valence-electron chi connectivity index (χ1n) is 11.8. The number of ether oxygens (including phenoxy) is 2. The normalized spacial score (nSPS) is 12.5. The number of rotatable bonds is 13. The average Bonchev–Trinajstić information content (AvgIpc) is 2.82. The van der Waals surface area contributed by atoms with Gasteiger partial charge in [-0.1, -0.05) is 43.7 Å². The number of carbonyl (C=O) groups is 2. The third-order valence-corrected chi connectivity index (χ3v) is 5.70. The molecule has 0 unspecified atom stereocenters. The molecule has 2 atom stereocenters. The van der Waals surface area contributed by atoms with Crippen molar-refractivity contribution < 1.29 is 19.1 Å². The van der Waals surface area contributed by atoms with Gasteiger partial charge in [0.1, 0.15) is 17.5 Å². The molecule has 0 aliphatic heterocycles. The van der Waals surface area contributed by atoms with Crippen LogP contribution in [0.4, 0.5) is 0 Å². The van der Waals surface area contributed by atoms with Crippen LogP contribution in [0, 0.1) is 6.92 Å². The highest BCUT2D eigenvalue weighted by molar-refractivity contribution is 5.87. The quantitative estimate of drug-likeness (QED) is 0.438. The fraction of sp³-hybridized carbons (Fsp3) is 0.481. The summed E-state index contributed by atoms with van der Waals surface area (Å²) < 4.78 is 11.1. The summed E-state index contributed by atoms with van der Waals surface area (Å²) in [6, 6.07) is 15.0. The molecule has 0 spiro atoms. The van der Waals surface area contributed by atoms with Crippen LogP contribution in [0.25, 0.3) is 0 Å². The molecule has 0 bridgehead atoms. The lowest BCUT2D eigenvalue weighted by Crippen LogP contribution is -2.50. The molecule has 2 rings (SSSR count). The molecule has 2 aromatic carbocycles. The molecule has 1 N–H and O–H groups in total. The highest BCUT2D eigenvalue weighted by Gasteiger charge is 2.29. The second-order valence-corrected chi connectivity index (χ2v) is 8.38. The molecule has 0 saturated carbocycles. The topological polar surface area (TPSA) is 67.9 Å². The molecular weight excluding hydrogens is 416 g/mol. The van der Waals surface area contributed by atoms with Crippen molar-refractivity contribution in [3.8, 4) is 11.5 Å². The van der Waals surface area contributed by atoms with E-state index in [1.165, 1.54) is 5.56 Å². The Hall–Kier alpha value is -3.02. The minimum Gasteiger partial charge on any atom is -0.497 e. The van der Waals surface area contributed by atoms with Crippen LogP contribution >= 0.6 is 0 Å². The molecule has 6 heteroatoms. The minimum absolute atomic E-state index is 0.0585. The largest absolute Gasteiger partial charge is 0.497 e. The third-order valence-electron chi connectivity index (χ3n) is 5.70. The van der Waals surface area contributed by atoms with Crippen LogP contribution in [0.3, 0.4) is 0 Å². The number of hydrogen-bond donors (Lipinski definition) is 1. The monoisotopic (exact) mass is 454 g/mol. The van der Waals surface area contributed by atoms with Crippen molar-refractivity contribution >= 4 is 11.8 Å². The van der Waals surface area contributed by atoms with Crippen LogP contribution in [0.1, 0.15) is 57.6 Å². The third kappa shape index (κ3) is 8.44. The average molecular weight is 455 g/mol. The number of amides is 2. The summed E-state index contributed by atoms with van der Waals surface area (Å²) in [6.07, 6.45) is 2.26. The zero-order valence-electron chi connectivity index (χ0n) is 20.6. The molecule has 33 heavy (non-hydrogen) atoms. The number of aryl methyl sites for hydroxylation is 1. The zero-order valence-corrected chi connectivity index (χ0v) is 20.6. The van der Waals surface area contributed by atoms with Gasteiger partial charge < -0.3 is 19.7 Å². The number of nitrogens with zero attached hydrogens (tertiary/aromatic N) is 1. The van der Waals surface area contributed by atoms with Crippen molar-refractivity contribution in [1.29, 1.82) is 0 Å². The van der Waals surface area contributed by atoms with Crippen LogP contribution in [-0.2, 0) is 16.1 Å². The van der Waals surface area contributed by atoms with Crippen molar-refractivity contribution in [2.24, 2.45) is 0 Å². The van der Waals surface area contributed by atoms with Gasteiger partial charge in [0.2, 0.25) is 11.8 Å². The number of methoxy groups -OCH3 is 1. The summed E-state index contributed by atoms with van der Waals surface area (Å²) in [4.78, 5) is 28.0. The van der Waals surface area contributed by atoms with Crippen LogP contribution in [0.2, 0.25) is 0 Å². The predicted molar refractivity (Wildman–Crippen MR) is 131 cm³/mol. The van der Waals surface area contributed by atoms with Gasteiger partial charge in [-0.15, -0.1) is 0 Å². The Balaban J connectivity index is 2.09. The second-order valence-electron chi connectivity index (χ2n) is 8.38. The lowest BCUT2D eigenvalue weighted by atomic mass is 10.1. The molecule has 0 aliphatic rings. The fourth-order valence-corrected chi connectivity index (χ4v) is 3.52. The van der Waals surface area contributed by atoms with Crippen molar-refractivity contribution in [1.82, 2.24) is 10.2 Å². The molecule has 6 nitrogen and oxygen atoms in total. The summed E-state index contributed by atoms with van der Waals surface area (Å²) in [5, 5.41) is 3.04. The van der Waals surface area contributed by atoms with E-state index in [1.807, 2.05) is 76.2 Å². The van der Waals surface area contributed by atoms with E-state index >= 15 is 0 Å². The SMILES string of the molecule is CC[C@@H](C)NC(=O)[C@@H](CC)N(Cc1cccc(OC)c1)C(=O)CCCOc1ccc(C)cc1. The first-order chi connectivity index (χ1) is 15.9. The van der Waals surface area contributed by atoms with Crippen molar-refractivity contribution in [3.63, 3.8) is 0 Å². The van der Waals surface area contributed by atoms with Crippen molar-refractivity contribution in [2.45, 2.75) is 72.0 Å². The van der Waals surface area contributed by atoms with E-state index in [-0.39, 0.29) is 17.9 Å². The van der Waals surface area contributed by atoms with Gasteiger partial charge in [0, 0.05) is 19.0 Å². The lowest BCUT2D eigenvalue weighted by molar-refractivity contribution is -0.141. The van der Waals surface area contributed by atoms with E-state index in [4.69, 9.17) is 9.47 Å². The number of hydrogen-bond acceptors (Lipinski definition) is 4. The van der Waals surface area contributed by atoms with Crippen LogP contribution in [0.15, 0.2) is 48.5 Å². The van der Waals surface area contributed by atoms with Gasteiger partial charge in [-0.25, -0.2) is 0 Å². The molecule has 0 saturated heterocycles. The van der Waals surface area contributed by atoms with Gasteiger partial charge in [0.15, 0.2) is 0 Å². The minimum atomic E-state index is -0.532. The Morgan fingerprint density at radius 3 is 2.39 bits per heavy atom. The van der Waals surface area contributed by atoms with Gasteiger partial charge in [-0.3, -0.25) is 9.59 Å². The number of carbonyl (C=O) groups excluding carboxylic acids is 2. The van der Waals surface area contributed by atoms with E-state index in [9.17, 15) is 9.59 Å². The van der Waals surface area contributed by atoms with Crippen LogP contribution in [-0.4, -0.2) is 42.5 Å². The molecule has 2 amide bonds. The van der Waals surface area contributed by atoms with Gasteiger partial charge in [0.05, 0.1) is 13.7 Å². The maximum atomic E-state index is 13.3. The van der Waals surface area contributed by atoms with Gasteiger partial charge in [-0.2, -0.15) is 0 Å². The summed E-state index contributed by atoms with van der Waals surface area (Å²) in [6.45, 7) is 8.76. The van der Waals surface area contributed by atoms with Gasteiger partial charge >= 0.3 is 0 Å². The maximum Gasteiger partial charge on any atom is 0.243 e. The predicted octanol–water partition coefficient (Wildman–Crippen LogP) is 4.88. The number of nitrogens with one attached hydrogen (secondary N) is 1. The van der Waals surface area contributed by atoms with Crippen LogP contribution < -0.4 is 14.8 Å². The lowest BCUT2D eigenvalue weighted by Gasteiger charge is -2.31. The molecule has 0 heterocycles. The Morgan fingerprint density at radius 2 is 1.76 bits per heavy atom. The first-order valence-corrected chi connectivity index (χ1v) is 11.8. The van der Waals surface area contributed by atoms with E-state index in [2.05, 4.69) is 5.32 Å². The Kier molecular flexibility index (Phi) is 10.7. The highest BCUT2D eigenvalue weighted by Crippen LogP contribution is 2.19. The number of benzene rings is 2. The van der Waals surface area contributed by atoms with Crippen molar-refractivity contribution in [3.05, 3.63) is 59.7 Å². The maximum absolute atomic E-state index is 13.3. The summed E-state index contributed by atoms with van der Waals surface area (Å²) in [5.74, 6) is 1.35. The smallest absolute Gasteiger partial charge is 0.243 e. The molecule has 0 aromatic heterocycles. The zero-order chi connectivity index (χ0) is 24.2.